The number of hydrogen-bond donors (Lipinski definition) is 0. The zero-order valence-electron chi connectivity index (χ0n) is 10.3. The van der Waals surface area contributed by atoms with Crippen LogP contribution in [-0.4, -0.2) is 12.2 Å². The minimum atomic E-state index is -0.217. The Kier molecular flexibility index (Phi) is 4.66. The van der Waals surface area contributed by atoms with Crippen molar-refractivity contribution in [1.29, 1.82) is 0 Å². The van der Waals surface area contributed by atoms with Crippen LogP contribution in [0.25, 0.3) is 0 Å². The van der Waals surface area contributed by atoms with Gasteiger partial charge in [0.05, 0.1) is 6.61 Å². The van der Waals surface area contributed by atoms with Gasteiger partial charge in [-0.3, -0.25) is 0 Å². The first-order valence-electron chi connectivity index (χ1n) is 5.54. The fraction of sp³-hybridized carbons (Fsp3) is 0.538. The van der Waals surface area contributed by atoms with Crippen LogP contribution in [0.3, 0.4) is 0 Å². The molecule has 0 aliphatic heterocycles. The van der Waals surface area contributed by atoms with Crippen LogP contribution in [0.4, 0.5) is 0 Å². The van der Waals surface area contributed by atoms with E-state index in [2.05, 4.69) is 22.9 Å². The highest BCUT2D eigenvalue weighted by atomic mass is 79.9. The normalized spacial score (nSPS) is 11.3. The second kappa shape index (κ2) is 5.58. The first-order chi connectivity index (χ1) is 7.42. The highest BCUT2D eigenvalue weighted by Gasteiger charge is 2.15. The lowest BCUT2D eigenvalue weighted by Gasteiger charge is -2.23. The summed E-state index contributed by atoms with van der Waals surface area (Å²) in [6.07, 6.45) is 0.991. The molecule has 0 bridgehead atoms. The van der Waals surface area contributed by atoms with E-state index in [1.54, 1.807) is 0 Å². The molecule has 2 nitrogen and oxygen atoms in total. The molecule has 3 heteroatoms. The van der Waals surface area contributed by atoms with E-state index in [9.17, 15) is 0 Å². The Labute approximate surface area is 106 Å². The second-order valence-corrected chi connectivity index (χ2v) is 5.57. The van der Waals surface area contributed by atoms with E-state index in [0.717, 1.165) is 22.4 Å². The summed E-state index contributed by atoms with van der Waals surface area (Å²) >= 11 is 3.44. The highest BCUT2D eigenvalue weighted by molar-refractivity contribution is 9.10. The van der Waals surface area contributed by atoms with Crippen molar-refractivity contribution in [2.24, 2.45) is 0 Å². The lowest BCUT2D eigenvalue weighted by atomic mass is 10.2. The van der Waals surface area contributed by atoms with Crippen molar-refractivity contribution in [2.45, 2.75) is 39.7 Å². The Bertz CT molecular complexity index is 342. The molecule has 0 fully saturated rings. The average molecular weight is 287 g/mol. The molecule has 0 amide bonds. The van der Waals surface area contributed by atoms with E-state index in [0.29, 0.717) is 6.61 Å². The van der Waals surface area contributed by atoms with Gasteiger partial charge >= 0.3 is 0 Å². The molecule has 0 N–H and O–H groups in total. The number of halogens is 1. The summed E-state index contributed by atoms with van der Waals surface area (Å²) in [5.74, 6) is 1.59. The molecule has 0 aliphatic carbocycles. The van der Waals surface area contributed by atoms with Gasteiger partial charge in [0, 0.05) is 4.47 Å². The number of hydrogen-bond acceptors (Lipinski definition) is 2. The summed E-state index contributed by atoms with van der Waals surface area (Å²) in [5.41, 5.74) is -0.217. The standard InChI is InChI=1S/C13H19BrO2/c1-5-8-15-11-7-6-10(14)9-12(11)16-13(2,3)4/h6-7,9H,5,8H2,1-4H3. The molecule has 1 aromatic carbocycles. The Hall–Kier alpha value is -0.700. The van der Waals surface area contributed by atoms with Crippen molar-refractivity contribution in [3.05, 3.63) is 22.7 Å². The van der Waals surface area contributed by atoms with Crippen LogP contribution in [0.15, 0.2) is 22.7 Å². The van der Waals surface area contributed by atoms with Gasteiger partial charge in [-0.25, -0.2) is 0 Å². The third kappa shape index (κ3) is 4.44. The van der Waals surface area contributed by atoms with Crippen LogP contribution in [0.2, 0.25) is 0 Å². The number of rotatable bonds is 4. The lowest BCUT2D eigenvalue weighted by molar-refractivity contribution is 0.123. The van der Waals surface area contributed by atoms with Crippen LogP contribution in [0.5, 0.6) is 11.5 Å². The summed E-state index contributed by atoms with van der Waals surface area (Å²) in [6, 6.07) is 5.83. The van der Waals surface area contributed by atoms with E-state index in [1.807, 2.05) is 39.0 Å². The van der Waals surface area contributed by atoms with Gasteiger partial charge in [0.2, 0.25) is 0 Å². The van der Waals surface area contributed by atoms with Crippen molar-refractivity contribution >= 4 is 15.9 Å². The summed E-state index contributed by atoms with van der Waals surface area (Å²) in [7, 11) is 0. The molecule has 0 atom stereocenters. The first kappa shape index (κ1) is 13.4. The Balaban J connectivity index is 2.89. The van der Waals surface area contributed by atoms with Crippen LogP contribution in [-0.2, 0) is 0 Å². The Morgan fingerprint density at radius 2 is 1.88 bits per heavy atom. The van der Waals surface area contributed by atoms with Crippen molar-refractivity contribution < 1.29 is 9.47 Å². The molecule has 0 aliphatic rings. The molecule has 0 aromatic heterocycles. The molecule has 0 spiro atoms. The zero-order chi connectivity index (χ0) is 12.2. The van der Waals surface area contributed by atoms with Crippen LogP contribution in [0.1, 0.15) is 34.1 Å². The maximum absolute atomic E-state index is 5.86. The molecule has 0 saturated carbocycles. The van der Waals surface area contributed by atoms with Crippen molar-refractivity contribution in [1.82, 2.24) is 0 Å². The molecular weight excluding hydrogens is 268 g/mol. The quantitative estimate of drug-likeness (QED) is 0.816. The fourth-order valence-corrected chi connectivity index (χ4v) is 1.56. The molecule has 90 valence electrons. The molecule has 0 heterocycles. The Morgan fingerprint density at radius 3 is 2.44 bits per heavy atom. The van der Waals surface area contributed by atoms with Gasteiger partial charge in [-0.15, -0.1) is 0 Å². The van der Waals surface area contributed by atoms with E-state index >= 15 is 0 Å². The van der Waals surface area contributed by atoms with Crippen LogP contribution in [0, 0.1) is 0 Å². The van der Waals surface area contributed by atoms with E-state index in [1.165, 1.54) is 0 Å². The summed E-state index contributed by atoms with van der Waals surface area (Å²) < 4.78 is 12.5. The van der Waals surface area contributed by atoms with Crippen molar-refractivity contribution in [3.63, 3.8) is 0 Å². The molecule has 0 radical (unpaired) electrons. The second-order valence-electron chi connectivity index (χ2n) is 4.65. The van der Waals surface area contributed by atoms with E-state index < -0.39 is 0 Å². The van der Waals surface area contributed by atoms with Crippen molar-refractivity contribution in [3.8, 4) is 11.5 Å². The maximum atomic E-state index is 5.86. The fourth-order valence-electron chi connectivity index (χ4n) is 1.22. The zero-order valence-corrected chi connectivity index (χ0v) is 11.9. The smallest absolute Gasteiger partial charge is 0.163 e. The van der Waals surface area contributed by atoms with Crippen molar-refractivity contribution in [2.75, 3.05) is 6.61 Å². The first-order valence-corrected chi connectivity index (χ1v) is 6.33. The highest BCUT2D eigenvalue weighted by Crippen LogP contribution is 2.33. The number of benzene rings is 1. The average Bonchev–Trinajstić information content (AvgIpc) is 2.14. The van der Waals surface area contributed by atoms with E-state index in [-0.39, 0.29) is 5.60 Å². The van der Waals surface area contributed by atoms with E-state index in [4.69, 9.17) is 9.47 Å². The third-order valence-corrected chi connectivity index (χ3v) is 2.28. The summed E-state index contributed by atoms with van der Waals surface area (Å²) in [5, 5.41) is 0. The molecule has 1 rings (SSSR count). The van der Waals surface area contributed by atoms with Gasteiger partial charge in [0.25, 0.3) is 0 Å². The van der Waals surface area contributed by atoms with Crippen LogP contribution < -0.4 is 9.47 Å². The molecule has 16 heavy (non-hydrogen) atoms. The molecule has 0 saturated heterocycles. The monoisotopic (exact) mass is 286 g/mol. The topological polar surface area (TPSA) is 18.5 Å². The van der Waals surface area contributed by atoms with Gasteiger partial charge in [-0.2, -0.15) is 0 Å². The molecule has 1 aromatic rings. The summed E-state index contributed by atoms with van der Waals surface area (Å²) in [6.45, 7) is 8.87. The van der Waals surface area contributed by atoms with Crippen LogP contribution >= 0.6 is 15.9 Å². The third-order valence-electron chi connectivity index (χ3n) is 1.78. The van der Waals surface area contributed by atoms with Gasteiger partial charge in [0.15, 0.2) is 11.5 Å². The lowest BCUT2D eigenvalue weighted by Crippen LogP contribution is -2.23. The summed E-state index contributed by atoms with van der Waals surface area (Å²) in [4.78, 5) is 0. The van der Waals surface area contributed by atoms with Gasteiger partial charge in [-0.05, 0) is 45.4 Å². The maximum Gasteiger partial charge on any atom is 0.163 e. The predicted octanol–water partition coefficient (Wildman–Crippen LogP) is 4.42. The SMILES string of the molecule is CCCOc1ccc(Br)cc1OC(C)(C)C. The Morgan fingerprint density at radius 1 is 1.19 bits per heavy atom. The van der Waals surface area contributed by atoms with Gasteiger partial charge in [-0.1, -0.05) is 22.9 Å². The van der Waals surface area contributed by atoms with Gasteiger partial charge in [0.1, 0.15) is 5.60 Å². The largest absolute Gasteiger partial charge is 0.490 e. The minimum absolute atomic E-state index is 0.217. The predicted molar refractivity (Wildman–Crippen MR) is 70.3 cm³/mol. The molecular formula is C13H19BrO2. The minimum Gasteiger partial charge on any atom is -0.490 e. The molecule has 0 unspecified atom stereocenters. The van der Waals surface area contributed by atoms with Gasteiger partial charge < -0.3 is 9.47 Å². The number of ether oxygens (including phenoxy) is 2.